The van der Waals surface area contributed by atoms with Crippen LogP contribution in [0.5, 0.6) is 0 Å². The molecule has 1 heterocycles. The first kappa shape index (κ1) is 13.3. The maximum atomic E-state index is 5.78. The monoisotopic (exact) mass is 266 g/mol. The molecule has 0 saturated heterocycles. The summed E-state index contributed by atoms with van der Waals surface area (Å²) in [5.41, 5.74) is 10.1. The Bertz CT molecular complexity index is 565. The second-order valence-electron chi connectivity index (χ2n) is 5.60. The molecular weight excluding hydrogens is 244 g/mol. The van der Waals surface area contributed by atoms with Crippen molar-refractivity contribution in [3.8, 4) is 0 Å². The quantitative estimate of drug-likeness (QED) is 0.893. The lowest BCUT2D eigenvalue weighted by molar-refractivity contribution is 0.396. The van der Waals surface area contributed by atoms with Crippen LogP contribution in [0.2, 0.25) is 0 Å². The molecule has 1 aliphatic heterocycles. The Morgan fingerprint density at radius 1 is 1.00 bits per heavy atom. The summed E-state index contributed by atoms with van der Waals surface area (Å²) in [7, 11) is 0. The lowest BCUT2D eigenvalue weighted by Crippen LogP contribution is -2.44. The molecule has 3 N–H and O–H groups in total. The highest BCUT2D eigenvalue weighted by molar-refractivity contribution is 5.46. The average Bonchev–Trinajstić information content (AvgIpc) is 2.54. The Labute approximate surface area is 121 Å². The second-order valence-corrected chi connectivity index (χ2v) is 5.60. The van der Waals surface area contributed by atoms with Gasteiger partial charge in [-0.05, 0) is 36.1 Å². The highest BCUT2D eigenvalue weighted by Gasteiger charge is 2.37. The predicted octanol–water partition coefficient (Wildman–Crippen LogP) is 2.81. The van der Waals surface area contributed by atoms with E-state index in [2.05, 4.69) is 59.9 Å². The first-order valence-electron chi connectivity index (χ1n) is 7.41. The molecule has 2 aromatic carbocycles. The van der Waals surface area contributed by atoms with Crippen molar-refractivity contribution >= 4 is 0 Å². The Hall–Kier alpha value is -1.64. The van der Waals surface area contributed by atoms with Gasteiger partial charge in [-0.3, -0.25) is 0 Å². The SMILES string of the molecule is NCCCC1(c2ccccc2)CNCc2ccccc21. The molecular formula is C18H22N2. The molecule has 2 heteroatoms. The van der Waals surface area contributed by atoms with Gasteiger partial charge in [0, 0.05) is 18.5 Å². The van der Waals surface area contributed by atoms with Gasteiger partial charge in [-0.25, -0.2) is 0 Å². The van der Waals surface area contributed by atoms with E-state index < -0.39 is 0 Å². The molecule has 2 aromatic rings. The van der Waals surface area contributed by atoms with Gasteiger partial charge < -0.3 is 11.1 Å². The molecule has 1 unspecified atom stereocenters. The van der Waals surface area contributed by atoms with Gasteiger partial charge in [-0.15, -0.1) is 0 Å². The van der Waals surface area contributed by atoms with Crippen molar-refractivity contribution in [3.63, 3.8) is 0 Å². The molecule has 0 bridgehead atoms. The molecule has 0 aliphatic carbocycles. The average molecular weight is 266 g/mol. The molecule has 0 radical (unpaired) electrons. The molecule has 104 valence electrons. The fourth-order valence-corrected chi connectivity index (χ4v) is 3.43. The lowest BCUT2D eigenvalue weighted by atomic mass is 9.68. The molecule has 0 aromatic heterocycles. The van der Waals surface area contributed by atoms with Crippen molar-refractivity contribution in [2.45, 2.75) is 24.8 Å². The summed E-state index contributed by atoms with van der Waals surface area (Å²) >= 11 is 0. The van der Waals surface area contributed by atoms with E-state index in [-0.39, 0.29) is 5.41 Å². The highest BCUT2D eigenvalue weighted by atomic mass is 14.9. The molecule has 1 aliphatic rings. The van der Waals surface area contributed by atoms with Crippen molar-refractivity contribution in [2.24, 2.45) is 5.73 Å². The minimum atomic E-state index is 0.0650. The summed E-state index contributed by atoms with van der Waals surface area (Å²) in [6.07, 6.45) is 2.14. The van der Waals surface area contributed by atoms with Gasteiger partial charge in [0.25, 0.3) is 0 Å². The zero-order chi connectivity index (χ0) is 13.8. The van der Waals surface area contributed by atoms with Crippen molar-refractivity contribution in [1.82, 2.24) is 5.32 Å². The van der Waals surface area contributed by atoms with Crippen LogP contribution in [0.3, 0.4) is 0 Å². The van der Waals surface area contributed by atoms with Gasteiger partial charge in [-0.1, -0.05) is 54.6 Å². The minimum Gasteiger partial charge on any atom is -0.330 e. The number of nitrogens with one attached hydrogen (secondary N) is 1. The summed E-state index contributed by atoms with van der Waals surface area (Å²) in [5.74, 6) is 0. The van der Waals surface area contributed by atoms with Crippen LogP contribution in [0.25, 0.3) is 0 Å². The molecule has 0 spiro atoms. The number of hydrogen-bond donors (Lipinski definition) is 2. The van der Waals surface area contributed by atoms with E-state index in [9.17, 15) is 0 Å². The molecule has 1 atom stereocenters. The second kappa shape index (κ2) is 5.78. The molecule has 0 amide bonds. The zero-order valence-electron chi connectivity index (χ0n) is 11.8. The molecule has 0 fully saturated rings. The molecule has 2 nitrogen and oxygen atoms in total. The largest absolute Gasteiger partial charge is 0.330 e. The van der Waals surface area contributed by atoms with Crippen LogP contribution >= 0.6 is 0 Å². The van der Waals surface area contributed by atoms with Crippen LogP contribution in [-0.4, -0.2) is 13.1 Å². The smallest absolute Gasteiger partial charge is 0.0331 e. The Kier molecular flexibility index (Phi) is 3.86. The van der Waals surface area contributed by atoms with Gasteiger partial charge in [-0.2, -0.15) is 0 Å². The Morgan fingerprint density at radius 2 is 1.75 bits per heavy atom. The van der Waals surface area contributed by atoms with Crippen molar-refractivity contribution in [1.29, 1.82) is 0 Å². The number of hydrogen-bond acceptors (Lipinski definition) is 2. The number of benzene rings is 2. The van der Waals surface area contributed by atoms with Crippen LogP contribution in [0, 0.1) is 0 Å². The van der Waals surface area contributed by atoms with Crippen LogP contribution in [0.1, 0.15) is 29.5 Å². The summed E-state index contributed by atoms with van der Waals surface area (Å²) in [4.78, 5) is 0. The Morgan fingerprint density at radius 3 is 2.55 bits per heavy atom. The topological polar surface area (TPSA) is 38.0 Å². The van der Waals surface area contributed by atoms with E-state index in [0.717, 1.165) is 32.5 Å². The third kappa shape index (κ3) is 2.26. The zero-order valence-corrected chi connectivity index (χ0v) is 11.8. The van der Waals surface area contributed by atoms with Gasteiger partial charge in [0.1, 0.15) is 0 Å². The normalized spacial score (nSPS) is 21.4. The van der Waals surface area contributed by atoms with Crippen molar-refractivity contribution in [3.05, 3.63) is 71.3 Å². The highest BCUT2D eigenvalue weighted by Crippen LogP contribution is 2.40. The van der Waals surface area contributed by atoms with Gasteiger partial charge in [0.05, 0.1) is 0 Å². The fraction of sp³-hybridized carbons (Fsp3) is 0.333. The van der Waals surface area contributed by atoms with E-state index in [4.69, 9.17) is 5.73 Å². The third-order valence-electron chi connectivity index (χ3n) is 4.41. The Balaban J connectivity index is 2.12. The first-order chi connectivity index (χ1) is 9.87. The number of nitrogens with two attached hydrogens (primary N) is 1. The van der Waals surface area contributed by atoms with Gasteiger partial charge >= 0.3 is 0 Å². The van der Waals surface area contributed by atoms with Gasteiger partial charge in [0.2, 0.25) is 0 Å². The standard InChI is InChI=1S/C18H22N2/c19-12-6-11-18(16-8-2-1-3-9-16)14-20-13-15-7-4-5-10-17(15)18/h1-5,7-10,20H,6,11-14,19H2. The van der Waals surface area contributed by atoms with Crippen molar-refractivity contribution < 1.29 is 0 Å². The maximum Gasteiger partial charge on any atom is 0.0331 e. The summed E-state index contributed by atoms with van der Waals surface area (Å²) in [5, 5.41) is 3.60. The summed E-state index contributed by atoms with van der Waals surface area (Å²) in [6.45, 7) is 2.71. The van der Waals surface area contributed by atoms with Crippen LogP contribution in [-0.2, 0) is 12.0 Å². The summed E-state index contributed by atoms with van der Waals surface area (Å²) < 4.78 is 0. The predicted molar refractivity (Wildman–Crippen MR) is 83.7 cm³/mol. The van der Waals surface area contributed by atoms with Crippen LogP contribution in [0.4, 0.5) is 0 Å². The van der Waals surface area contributed by atoms with E-state index in [1.165, 1.54) is 16.7 Å². The van der Waals surface area contributed by atoms with E-state index in [0.29, 0.717) is 0 Å². The van der Waals surface area contributed by atoms with E-state index in [1.54, 1.807) is 0 Å². The van der Waals surface area contributed by atoms with Gasteiger partial charge in [0.15, 0.2) is 0 Å². The van der Waals surface area contributed by atoms with E-state index >= 15 is 0 Å². The van der Waals surface area contributed by atoms with Crippen LogP contribution < -0.4 is 11.1 Å². The molecule has 3 rings (SSSR count). The lowest BCUT2D eigenvalue weighted by Gasteiger charge is -2.40. The molecule has 0 saturated carbocycles. The number of fused-ring (bicyclic) bond motifs is 1. The summed E-state index contributed by atoms with van der Waals surface area (Å²) in [6, 6.07) is 19.7. The first-order valence-corrected chi connectivity index (χ1v) is 7.41. The third-order valence-corrected chi connectivity index (χ3v) is 4.41. The minimum absolute atomic E-state index is 0.0650. The van der Waals surface area contributed by atoms with Crippen molar-refractivity contribution in [2.75, 3.05) is 13.1 Å². The maximum absolute atomic E-state index is 5.78. The fourth-order valence-electron chi connectivity index (χ4n) is 3.43. The molecule has 20 heavy (non-hydrogen) atoms. The van der Waals surface area contributed by atoms with E-state index in [1.807, 2.05) is 0 Å². The van der Waals surface area contributed by atoms with Crippen LogP contribution in [0.15, 0.2) is 54.6 Å². The number of rotatable bonds is 4.